The first-order valence-electron chi connectivity index (χ1n) is 10.7. The lowest BCUT2D eigenvalue weighted by Crippen LogP contribution is -2.32. The fourth-order valence-electron chi connectivity index (χ4n) is 4.24. The minimum Gasteiger partial charge on any atom is -0.325 e. The molecule has 172 valence electrons. The molecule has 5 rings (SSSR count). The summed E-state index contributed by atoms with van der Waals surface area (Å²) in [6, 6.07) is 7.51. The Kier molecular flexibility index (Phi) is 5.28. The highest BCUT2D eigenvalue weighted by Gasteiger charge is 2.25. The molecule has 10 heteroatoms. The van der Waals surface area contributed by atoms with Crippen LogP contribution in [0.1, 0.15) is 37.4 Å². The van der Waals surface area contributed by atoms with E-state index in [4.69, 9.17) is 11.6 Å². The molecule has 0 unspecified atom stereocenters. The van der Waals surface area contributed by atoms with Gasteiger partial charge in [-0.2, -0.15) is 0 Å². The molecule has 1 aromatic carbocycles. The van der Waals surface area contributed by atoms with E-state index in [1.807, 2.05) is 13.8 Å². The van der Waals surface area contributed by atoms with Gasteiger partial charge in [-0.1, -0.05) is 31.5 Å². The zero-order chi connectivity index (χ0) is 24.1. The number of aromatic nitrogens is 4. The van der Waals surface area contributed by atoms with Crippen LogP contribution >= 0.6 is 11.6 Å². The Hall–Kier alpha value is -3.85. The molecule has 3 aromatic heterocycles. The molecule has 34 heavy (non-hydrogen) atoms. The van der Waals surface area contributed by atoms with Crippen LogP contribution in [0.15, 0.2) is 46.1 Å². The van der Waals surface area contributed by atoms with Gasteiger partial charge in [0, 0.05) is 18.2 Å². The van der Waals surface area contributed by atoms with Gasteiger partial charge in [-0.3, -0.25) is 19.6 Å². The number of pyridine rings is 2. The molecule has 0 saturated heterocycles. The maximum Gasteiger partial charge on any atom is 0.334 e. The summed E-state index contributed by atoms with van der Waals surface area (Å²) in [5.74, 6) is -1.23. The van der Waals surface area contributed by atoms with E-state index in [1.165, 1.54) is 4.57 Å². The average Bonchev–Trinajstić information content (AvgIpc) is 2.78. The molecule has 2 N–H and O–H groups in total. The van der Waals surface area contributed by atoms with Gasteiger partial charge in [0.1, 0.15) is 5.69 Å². The van der Waals surface area contributed by atoms with Gasteiger partial charge in [0.15, 0.2) is 11.5 Å². The van der Waals surface area contributed by atoms with Crippen molar-refractivity contribution < 1.29 is 9.18 Å². The van der Waals surface area contributed by atoms with E-state index in [0.717, 1.165) is 6.07 Å². The molecule has 0 spiro atoms. The Labute approximate surface area is 197 Å². The first-order chi connectivity index (χ1) is 16.3. The molecule has 0 saturated carbocycles. The number of hydrogen-bond donors (Lipinski definition) is 2. The molecule has 0 atom stereocenters. The number of benzene rings is 1. The van der Waals surface area contributed by atoms with Gasteiger partial charge >= 0.3 is 5.69 Å². The van der Waals surface area contributed by atoms with Crippen LogP contribution in [-0.4, -0.2) is 25.4 Å². The largest absolute Gasteiger partial charge is 0.334 e. The number of aromatic amines is 1. The number of carbonyl (C=O) groups excluding carboxylic acids is 1. The van der Waals surface area contributed by atoms with E-state index >= 15 is 4.39 Å². The Morgan fingerprint density at radius 2 is 1.94 bits per heavy atom. The van der Waals surface area contributed by atoms with Crippen LogP contribution in [0.3, 0.4) is 0 Å². The van der Waals surface area contributed by atoms with Crippen LogP contribution < -0.4 is 16.6 Å². The molecule has 4 heterocycles. The van der Waals surface area contributed by atoms with Crippen LogP contribution in [0, 0.1) is 5.82 Å². The molecule has 8 nitrogen and oxygen atoms in total. The van der Waals surface area contributed by atoms with Crippen LogP contribution in [0.4, 0.5) is 10.1 Å². The minimum atomic E-state index is -0.820. The summed E-state index contributed by atoms with van der Waals surface area (Å²) in [6.07, 6.45) is 2.00. The van der Waals surface area contributed by atoms with E-state index in [2.05, 4.69) is 20.3 Å². The van der Waals surface area contributed by atoms with Gasteiger partial charge in [0.2, 0.25) is 5.91 Å². The van der Waals surface area contributed by atoms with E-state index in [9.17, 15) is 14.4 Å². The molecule has 1 amide bonds. The number of halogens is 2. The van der Waals surface area contributed by atoms with Crippen molar-refractivity contribution in [2.45, 2.75) is 32.6 Å². The van der Waals surface area contributed by atoms with Gasteiger partial charge in [-0.25, -0.2) is 18.7 Å². The van der Waals surface area contributed by atoms with Crippen molar-refractivity contribution >= 4 is 34.2 Å². The number of nitrogens with one attached hydrogen (secondary N) is 2. The van der Waals surface area contributed by atoms with E-state index in [-0.39, 0.29) is 51.2 Å². The zero-order valence-electron chi connectivity index (χ0n) is 18.3. The molecular formula is C24H19ClFN5O3. The lowest BCUT2D eigenvalue weighted by Gasteiger charge is -2.21. The molecule has 1 aliphatic rings. The first-order valence-corrected chi connectivity index (χ1v) is 11.1. The zero-order valence-corrected chi connectivity index (χ0v) is 19.0. The van der Waals surface area contributed by atoms with Gasteiger partial charge < -0.3 is 5.32 Å². The van der Waals surface area contributed by atoms with Gasteiger partial charge in [0.05, 0.1) is 27.5 Å². The Morgan fingerprint density at radius 3 is 2.71 bits per heavy atom. The van der Waals surface area contributed by atoms with Crippen LogP contribution in [0.25, 0.3) is 28.0 Å². The molecular weight excluding hydrogens is 461 g/mol. The Balaban J connectivity index is 2.01. The lowest BCUT2D eigenvalue weighted by atomic mass is 10.00. The van der Waals surface area contributed by atoms with Crippen molar-refractivity contribution in [1.29, 1.82) is 0 Å². The third kappa shape index (κ3) is 3.49. The number of hydrogen-bond acceptors (Lipinski definition) is 5. The predicted molar refractivity (Wildman–Crippen MR) is 127 cm³/mol. The quantitative estimate of drug-likeness (QED) is 0.430. The van der Waals surface area contributed by atoms with Crippen molar-refractivity contribution in [1.82, 2.24) is 19.5 Å². The van der Waals surface area contributed by atoms with E-state index in [0.29, 0.717) is 23.4 Å². The highest BCUT2D eigenvalue weighted by Crippen LogP contribution is 2.37. The highest BCUT2D eigenvalue weighted by atomic mass is 35.5. The van der Waals surface area contributed by atoms with E-state index < -0.39 is 17.1 Å². The second-order valence-electron chi connectivity index (χ2n) is 8.35. The Morgan fingerprint density at radius 1 is 1.15 bits per heavy atom. The molecule has 0 radical (unpaired) electrons. The van der Waals surface area contributed by atoms with Crippen molar-refractivity contribution in [3.05, 3.63) is 79.5 Å². The predicted octanol–water partition coefficient (Wildman–Crippen LogP) is 3.94. The van der Waals surface area contributed by atoms with Gasteiger partial charge in [0.25, 0.3) is 5.56 Å². The van der Waals surface area contributed by atoms with Crippen molar-refractivity contribution in [3.8, 4) is 16.9 Å². The second-order valence-corrected chi connectivity index (χ2v) is 8.76. The molecule has 0 fully saturated rings. The number of carbonyl (C=O) groups is 1. The standard InChI is InChI=1S/C24H19ClFN5O3/c1-11(2)19-21-12(8-9-27-19)6-7-17(32)28-16-5-3-4-14(25)18(16)20-15(26)10-13-22(29-20)31(21)24(34)30-23(13)33/h3-5,8-11H,6-7H2,1-2H3,(H,28,32)(H,30,33,34). The highest BCUT2D eigenvalue weighted by molar-refractivity contribution is 6.34. The second kappa shape index (κ2) is 8.18. The number of H-pyrrole nitrogens is 1. The number of fused-ring (bicyclic) bond motifs is 5. The number of rotatable bonds is 1. The maximum absolute atomic E-state index is 15.3. The average molecular weight is 480 g/mol. The molecule has 1 aliphatic heterocycles. The van der Waals surface area contributed by atoms with E-state index in [1.54, 1.807) is 30.5 Å². The third-order valence-corrected chi connectivity index (χ3v) is 6.10. The maximum atomic E-state index is 15.3. The van der Waals surface area contributed by atoms with Crippen LogP contribution in [0.5, 0.6) is 0 Å². The number of anilines is 1. The summed E-state index contributed by atoms with van der Waals surface area (Å²) in [4.78, 5) is 49.8. The SMILES string of the molecule is CC(C)c1nccc2c1-n1c(=O)[nH]c(=O)c3cc(F)c(nc31)-c1c(Cl)cccc1NC(=O)CC2. The number of amides is 1. The van der Waals surface area contributed by atoms with Gasteiger partial charge in [-0.15, -0.1) is 0 Å². The molecule has 0 aliphatic carbocycles. The van der Waals surface area contributed by atoms with Crippen molar-refractivity contribution in [2.75, 3.05) is 5.32 Å². The summed E-state index contributed by atoms with van der Waals surface area (Å²) >= 11 is 6.41. The fourth-order valence-corrected chi connectivity index (χ4v) is 4.50. The summed E-state index contributed by atoms with van der Waals surface area (Å²) < 4.78 is 16.6. The third-order valence-electron chi connectivity index (χ3n) is 5.79. The number of aryl methyl sites for hydroxylation is 1. The minimum absolute atomic E-state index is 0.0286. The Bertz CT molecular complexity index is 1610. The number of nitrogens with zero attached hydrogens (tertiary/aromatic N) is 3. The smallest absolute Gasteiger partial charge is 0.325 e. The normalized spacial score (nSPS) is 13.3. The summed E-state index contributed by atoms with van der Waals surface area (Å²) in [7, 11) is 0. The lowest BCUT2D eigenvalue weighted by molar-refractivity contribution is -0.116. The fraction of sp³-hybridized carbons (Fsp3) is 0.208. The first kappa shape index (κ1) is 22.0. The summed E-state index contributed by atoms with van der Waals surface area (Å²) in [6.45, 7) is 3.83. The van der Waals surface area contributed by atoms with Gasteiger partial charge in [-0.05, 0) is 42.2 Å². The van der Waals surface area contributed by atoms with Crippen LogP contribution in [-0.2, 0) is 11.2 Å². The van der Waals surface area contributed by atoms with Crippen LogP contribution in [0.2, 0.25) is 5.02 Å². The topological polar surface area (TPSA) is 110 Å². The summed E-state index contributed by atoms with van der Waals surface area (Å²) in [5, 5.41) is 2.85. The summed E-state index contributed by atoms with van der Waals surface area (Å²) in [5.41, 5.74) is 0.392. The molecule has 4 aromatic rings. The van der Waals surface area contributed by atoms with Crippen molar-refractivity contribution in [2.24, 2.45) is 0 Å². The van der Waals surface area contributed by atoms with Crippen molar-refractivity contribution in [3.63, 3.8) is 0 Å². The monoisotopic (exact) mass is 479 g/mol. The molecule has 2 bridgehead atoms.